The molecule has 176 valence electrons. The highest BCUT2D eigenvalue weighted by Gasteiger charge is 2.15. The van der Waals surface area contributed by atoms with E-state index < -0.39 is 5.97 Å². The van der Waals surface area contributed by atoms with Crippen molar-refractivity contribution in [2.24, 2.45) is 5.73 Å². The number of carbonyl (C=O) groups is 2. The van der Waals surface area contributed by atoms with Gasteiger partial charge < -0.3 is 30.9 Å². The Balaban J connectivity index is 1.84. The number of aromatic carboxylic acids is 1. The summed E-state index contributed by atoms with van der Waals surface area (Å²) in [5.41, 5.74) is 9.50. The van der Waals surface area contributed by atoms with Gasteiger partial charge >= 0.3 is 5.97 Å². The molecule has 0 aliphatic rings. The van der Waals surface area contributed by atoms with E-state index in [1.165, 1.54) is 26.4 Å². The smallest absolute Gasteiger partial charge is 0.335 e. The lowest BCUT2D eigenvalue weighted by Crippen LogP contribution is -2.23. The summed E-state index contributed by atoms with van der Waals surface area (Å²) in [4.78, 5) is 24.0. The average Bonchev–Trinajstić information content (AvgIpc) is 2.83. The summed E-state index contributed by atoms with van der Waals surface area (Å²) < 4.78 is 10.7. The first-order valence-electron chi connectivity index (χ1n) is 10.3. The molecule has 0 aliphatic carbocycles. The normalized spacial score (nSPS) is 10.3. The largest absolute Gasteiger partial charge is 0.496 e. The van der Waals surface area contributed by atoms with Crippen LogP contribution in [0.2, 0.25) is 0 Å². The SMILES string of the molecule is COc1cc(C(=O)NCc2ccc(C(=N)N)cc2Nc2ccc(C(=O)O)cc2)cc(OC)c1C. The molecule has 0 bridgehead atoms. The molecule has 0 unspecified atom stereocenters. The molecule has 0 aromatic heterocycles. The number of nitrogens with two attached hydrogens (primary N) is 1. The average molecular weight is 463 g/mol. The van der Waals surface area contributed by atoms with Gasteiger partial charge in [-0.1, -0.05) is 12.1 Å². The van der Waals surface area contributed by atoms with Crippen LogP contribution >= 0.6 is 0 Å². The molecule has 0 spiro atoms. The maximum atomic E-state index is 12.9. The molecule has 0 fully saturated rings. The van der Waals surface area contributed by atoms with Crippen LogP contribution in [0.15, 0.2) is 54.6 Å². The summed E-state index contributed by atoms with van der Waals surface area (Å²) in [5.74, 6) is -0.342. The van der Waals surface area contributed by atoms with Crippen molar-refractivity contribution in [3.63, 3.8) is 0 Å². The monoisotopic (exact) mass is 462 g/mol. The van der Waals surface area contributed by atoms with E-state index in [4.69, 9.17) is 25.7 Å². The van der Waals surface area contributed by atoms with Gasteiger partial charge in [0.1, 0.15) is 17.3 Å². The van der Waals surface area contributed by atoms with Crippen LogP contribution in [0.1, 0.15) is 37.4 Å². The van der Waals surface area contributed by atoms with Gasteiger partial charge in [0.05, 0.1) is 19.8 Å². The molecule has 3 aromatic rings. The second-order valence-corrected chi connectivity index (χ2v) is 7.48. The first kappa shape index (κ1) is 24.1. The molecule has 9 heteroatoms. The third-order valence-electron chi connectivity index (χ3n) is 5.29. The number of amidine groups is 1. The fraction of sp³-hybridized carbons (Fsp3) is 0.160. The van der Waals surface area contributed by atoms with Gasteiger partial charge in [-0.2, -0.15) is 0 Å². The lowest BCUT2D eigenvalue weighted by atomic mass is 10.1. The van der Waals surface area contributed by atoms with E-state index in [-0.39, 0.29) is 23.9 Å². The Labute approximate surface area is 197 Å². The number of amides is 1. The maximum Gasteiger partial charge on any atom is 0.335 e. The van der Waals surface area contributed by atoms with E-state index in [0.717, 1.165) is 11.1 Å². The Morgan fingerprint density at radius 2 is 1.53 bits per heavy atom. The number of carboxylic acid groups (broad SMARTS) is 1. The molecule has 0 radical (unpaired) electrons. The van der Waals surface area contributed by atoms with E-state index in [1.54, 1.807) is 42.5 Å². The zero-order valence-corrected chi connectivity index (χ0v) is 19.1. The van der Waals surface area contributed by atoms with Gasteiger partial charge in [-0.25, -0.2) is 4.79 Å². The number of hydrogen-bond donors (Lipinski definition) is 5. The Hall–Kier alpha value is -4.53. The molecule has 0 atom stereocenters. The molecular formula is C25H26N4O5. The van der Waals surface area contributed by atoms with E-state index in [9.17, 15) is 9.59 Å². The van der Waals surface area contributed by atoms with Gasteiger partial charge in [0.2, 0.25) is 0 Å². The molecule has 0 saturated carbocycles. The van der Waals surface area contributed by atoms with Crippen molar-refractivity contribution in [3.05, 3.63) is 82.4 Å². The first-order valence-corrected chi connectivity index (χ1v) is 10.3. The van der Waals surface area contributed by atoms with Crippen LogP contribution in [0, 0.1) is 12.3 Å². The quantitative estimate of drug-likeness (QED) is 0.241. The Morgan fingerprint density at radius 3 is 2.06 bits per heavy atom. The van der Waals surface area contributed by atoms with Crippen molar-refractivity contribution >= 4 is 29.1 Å². The molecule has 9 nitrogen and oxygen atoms in total. The minimum absolute atomic E-state index is 0.0984. The van der Waals surface area contributed by atoms with Crippen LogP contribution in [0.4, 0.5) is 11.4 Å². The number of anilines is 2. The molecule has 1 amide bonds. The zero-order valence-electron chi connectivity index (χ0n) is 19.1. The first-order chi connectivity index (χ1) is 16.2. The predicted molar refractivity (Wildman–Crippen MR) is 130 cm³/mol. The maximum absolute atomic E-state index is 12.9. The Morgan fingerprint density at radius 1 is 0.941 bits per heavy atom. The molecule has 3 rings (SSSR count). The van der Waals surface area contributed by atoms with Crippen LogP contribution in [-0.2, 0) is 6.54 Å². The van der Waals surface area contributed by atoms with Crippen molar-refractivity contribution in [2.75, 3.05) is 19.5 Å². The van der Waals surface area contributed by atoms with Crippen LogP contribution in [0.25, 0.3) is 0 Å². The molecule has 3 aromatic carbocycles. The predicted octanol–water partition coefficient (Wildman–Crippen LogP) is 3.67. The number of methoxy groups -OCH3 is 2. The number of carbonyl (C=O) groups excluding carboxylic acids is 1. The number of ether oxygens (including phenoxy) is 2. The summed E-state index contributed by atoms with van der Waals surface area (Å²) in [7, 11) is 3.06. The van der Waals surface area contributed by atoms with Crippen molar-refractivity contribution in [1.29, 1.82) is 5.41 Å². The lowest BCUT2D eigenvalue weighted by molar-refractivity contribution is 0.0696. The number of hydrogen-bond acceptors (Lipinski definition) is 6. The summed E-state index contributed by atoms with van der Waals surface area (Å²) >= 11 is 0. The van der Waals surface area contributed by atoms with E-state index >= 15 is 0 Å². The summed E-state index contributed by atoms with van der Waals surface area (Å²) in [6, 6.07) is 14.7. The summed E-state index contributed by atoms with van der Waals surface area (Å²) in [6.45, 7) is 2.03. The molecule has 6 N–H and O–H groups in total. The van der Waals surface area contributed by atoms with Crippen LogP contribution < -0.4 is 25.8 Å². The Kier molecular flexibility index (Phi) is 7.37. The van der Waals surface area contributed by atoms with E-state index in [0.29, 0.717) is 34.0 Å². The van der Waals surface area contributed by atoms with Gasteiger partial charge in [0.25, 0.3) is 5.91 Å². The lowest BCUT2D eigenvalue weighted by Gasteiger charge is -2.16. The topological polar surface area (TPSA) is 147 Å². The highest BCUT2D eigenvalue weighted by atomic mass is 16.5. The standard InChI is InChI=1S/C25H26N4O5/c1-14-21(33-2)11-18(12-22(14)34-3)24(30)28-13-17-5-4-16(23(26)27)10-20(17)29-19-8-6-15(7-9-19)25(31)32/h4-12,29H,13H2,1-3H3,(H3,26,27)(H,28,30)(H,31,32). The minimum atomic E-state index is -1.02. The van der Waals surface area contributed by atoms with Crippen molar-refractivity contribution in [1.82, 2.24) is 5.32 Å². The molecule has 0 heterocycles. The second kappa shape index (κ2) is 10.4. The van der Waals surface area contributed by atoms with Crippen LogP contribution in [-0.4, -0.2) is 37.0 Å². The highest BCUT2D eigenvalue weighted by Crippen LogP contribution is 2.29. The molecule has 34 heavy (non-hydrogen) atoms. The number of nitrogen functional groups attached to an aromatic ring is 1. The number of benzene rings is 3. The number of carboxylic acids is 1. The van der Waals surface area contributed by atoms with E-state index in [2.05, 4.69) is 10.6 Å². The van der Waals surface area contributed by atoms with Gasteiger partial charge in [-0.3, -0.25) is 10.2 Å². The van der Waals surface area contributed by atoms with Gasteiger partial charge in [0.15, 0.2) is 0 Å². The number of nitrogens with one attached hydrogen (secondary N) is 3. The summed E-state index contributed by atoms with van der Waals surface area (Å²) in [5, 5.41) is 22.9. The molecular weight excluding hydrogens is 436 g/mol. The van der Waals surface area contributed by atoms with Gasteiger partial charge in [-0.15, -0.1) is 0 Å². The van der Waals surface area contributed by atoms with Crippen LogP contribution in [0.5, 0.6) is 11.5 Å². The molecule has 0 aliphatic heterocycles. The van der Waals surface area contributed by atoms with Crippen molar-refractivity contribution < 1.29 is 24.2 Å². The third kappa shape index (κ3) is 5.44. The second-order valence-electron chi connectivity index (χ2n) is 7.48. The van der Waals surface area contributed by atoms with Crippen LogP contribution in [0.3, 0.4) is 0 Å². The fourth-order valence-electron chi connectivity index (χ4n) is 3.36. The molecule has 0 saturated heterocycles. The zero-order chi connectivity index (χ0) is 24.8. The van der Waals surface area contributed by atoms with Gasteiger partial charge in [-0.05, 0) is 55.0 Å². The van der Waals surface area contributed by atoms with E-state index in [1.807, 2.05) is 6.92 Å². The van der Waals surface area contributed by atoms with Crippen molar-refractivity contribution in [2.45, 2.75) is 13.5 Å². The fourth-order valence-corrected chi connectivity index (χ4v) is 3.36. The minimum Gasteiger partial charge on any atom is -0.496 e. The third-order valence-corrected chi connectivity index (χ3v) is 5.29. The summed E-state index contributed by atoms with van der Waals surface area (Å²) in [6.07, 6.45) is 0. The van der Waals surface area contributed by atoms with Gasteiger partial charge in [0, 0.05) is 34.6 Å². The Bertz CT molecular complexity index is 1210. The van der Waals surface area contributed by atoms with Crippen molar-refractivity contribution in [3.8, 4) is 11.5 Å². The number of rotatable bonds is 9. The highest BCUT2D eigenvalue weighted by molar-refractivity contribution is 5.97.